The number of rotatable bonds is 1. The van der Waals surface area contributed by atoms with Gasteiger partial charge in [0.1, 0.15) is 5.52 Å². The first-order valence-electron chi connectivity index (χ1n) is 2.94. The Balaban J connectivity index is 2.76. The van der Waals surface area contributed by atoms with E-state index in [0.717, 1.165) is 5.52 Å². The van der Waals surface area contributed by atoms with Gasteiger partial charge < -0.3 is 4.98 Å². The largest absolute Gasteiger partial charge is 0.342 e. The third kappa shape index (κ3) is 0.841. The third-order valence-corrected chi connectivity index (χ3v) is 1.26. The van der Waals surface area contributed by atoms with E-state index in [9.17, 15) is 0 Å². The van der Waals surface area contributed by atoms with Crippen LogP contribution in [0.1, 0.15) is 0 Å². The SMILES string of the molecule is N=Nc1ncc2[nH]cnc2n1. The molecule has 0 bridgehead atoms. The molecule has 0 aromatic carbocycles. The maximum absolute atomic E-state index is 6.63. The molecule has 0 aliphatic rings. The van der Waals surface area contributed by atoms with E-state index >= 15 is 0 Å². The lowest BCUT2D eigenvalue weighted by molar-refractivity contribution is 1.04. The van der Waals surface area contributed by atoms with Gasteiger partial charge in [-0.15, -0.1) is 5.11 Å². The molecule has 0 amide bonds. The van der Waals surface area contributed by atoms with Gasteiger partial charge in [-0.2, -0.15) is 4.98 Å². The van der Waals surface area contributed by atoms with Gasteiger partial charge in [-0.25, -0.2) is 15.5 Å². The lowest BCUT2D eigenvalue weighted by Crippen LogP contribution is -1.80. The molecule has 6 nitrogen and oxygen atoms in total. The summed E-state index contributed by atoms with van der Waals surface area (Å²) in [4.78, 5) is 14.3. The molecule has 0 radical (unpaired) electrons. The summed E-state index contributed by atoms with van der Waals surface area (Å²) in [6, 6.07) is 0. The first-order valence-corrected chi connectivity index (χ1v) is 2.94. The molecular weight excluding hydrogens is 144 g/mol. The normalized spacial score (nSPS) is 10.2. The number of aromatic nitrogens is 4. The van der Waals surface area contributed by atoms with Crippen molar-refractivity contribution in [1.29, 1.82) is 5.53 Å². The average molecular weight is 148 g/mol. The van der Waals surface area contributed by atoms with E-state index in [2.05, 4.69) is 25.1 Å². The van der Waals surface area contributed by atoms with E-state index in [4.69, 9.17) is 5.53 Å². The molecule has 2 N–H and O–H groups in total. The highest BCUT2D eigenvalue weighted by Gasteiger charge is 1.98. The van der Waals surface area contributed by atoms with Gasteiger partial charge in [0.2, 0.25) is 0 Å². The molecule has 54 valence electrons. The van der Waals surface area contributed by atoms with Crippen LogP contribution in [-0.4, -0.2) is 19.9 Å². The van der Waals surface area contributed by atoms with Crippen LogP contribution in [0.3, 0.4) is 0 Å². The van der Waals surface area contributed by atoms with Gasteiger partial charge in [0, 0.05) is 0 Å². The second kappa shape index (κ2) is 2.08. The van der Waals surface area contributed by atoms with Gasteiger partial charge >= 0.3 is 0 Å². The maximum Gasteiger partial charge on any atom is 0.270 e. The molecule has 0 atom stereocenters. The summed E-state index contributed by atoms with van der Waals surface area (Å²) in [5.41, 5.74) is 7.92. The van der Waals surface area contributed by atoms with Gasteiger partial charge in [0.15, 0.2) is 5.65 Å². The Bertz CT molecular complexity index is 391. The van der Waals surface area contributed by atoms with Crippen LogP contribution in [0.15, 0.2) is 17.6 Å². The molecule has 0 spiro atoms. The van der Waals surface area contributed by atoms with E-state index in [1.54, 1.807) is 6.20 Å². The summed E-state index contributed by atoms with van der Waals surface area (Å²) in [5.74, 6) is 0.129. The number of hydrogen-bond donors (Lipinski definition) is 2. The summed E-state index contributed by atoms with van der Waals surface area (Å²) in [5, 5.41) is 3.07. The predicted molar refractivity (Wildman–Crippen MR) is 36.5 cm³/mol. The zero-order valence-corrected chi connectivity index (χ0v) is 5.44. The molecule has 0 fully saturated rings. The van der Waals surface area contributed by atoms with E-state index in [0.29, 0.717) is 5.65 Å². The topological polar surface area (TPSA) is 90.7 Å². The van der Waals surface area contributed by atoms with Gasteiger partial charge in [0.25, 0.3) is 5.95 Å². The van der Waals surface area contributed by atoms with E-state index < -0.39 is 0 Å². The Morgan fingerprint density at radius 2 is 2.36 bits per heavy atom. The Morgan fingerprint density at radius 3 is 3.18 bits per heavy atom. The predicted octanol–water partition coefficient (Wildman–Crippen LogP) is 1.02. The third-order valence-electron chi connectivity index (χ3n) is 1.26. The fraction of sp³-hybridized carbons (Fsp3) is 0. The van der Waals surface area contributed by atoms with Crippen molar-refractivity contribution in [2.24, 2.45) is 5.11 Å². The fourth-order valence-electron chi connectivity index (χ4n) is 0.781. The Hall–Kier alpha value is -1.85. The molecule has 0 aliphatic carbocycles. The summed E-state index contributed by atoms with van der Waals surface area (Å²) in [6.07, 6.45) is 3.07. The highest BCUT2D eigenvalue weighted by atomic mass is 15.1. The smallest absolute Gasteiger partial charge is 0.270 e. The fourth-order valence-corrected chi connectivity index (χ4v) is 0.781. The van der Waals surface area contributed by atoms with Crippen molar-refractivity contribution in [1.82, 2.24) is 19.9 Å². The van der Waals surface area contributed by atoms with Crippen LogP contribution in [0, 0.1) is 5.53 Å². The second-order valence-electron chi connectivity index (χ2n) is 1.92. The monoisotopic (exact) mass is 148 g/mol. The van der Waals surface area contributed by atoms with Crippen LogP contribution in [-0.2, 0) is 0 Å². The van der Waals surface area contributed by atoms with Gasteiger partial charge in [-0.3, -0.25) is 0 Å². The highest BCUT2D eigenvalue weighted by Crippen LogP contribution is 2.08. The van der Waals surface area contributed by atoms with Crippen molar-refractivity contribution in [2.75, 3.05) is 0 Å². The van der Waals surface area contributed by atoms with Crippen LogP contribution in [0.5, 0.6) is 0 Å². The standard InChI is InChI=1S/C5H4N6/c6-11-5-7-1-3-4(10-5)9-2-8-3/h1-2,6H,(H,7,8,9,10). The Kier molecular flexibility index (Phi) is 1.12. The highest BCUT2D eigenvalue weighted by molar-refractivity contribution is 5.69. The number of fused-ring (bicyclic) bond motifs is 1. The summed E-state index contributed by atoms with van der Waals surface area (Å²) in [6.45, 7) is 0. The van der Waals surface area contributed by atoms with Gasteiger partial charge in [-0.05, 0) is 0 Å². The van der Waals surface area contributed by atoms with Crippen molar-refractivity contribution >= 4 is 17.1 Å². The second-order valence-corrected chi connectivity index (χ2v) is 1.92. The van der Waals surface area contributed by atoms with Gasteiger partial charge in [-0.1, -0.05) is 0 Å². The van der Waals surface area contributed by atoms with Crippen LogP contribution in [0.4, 0.5) is 5.95 Å². The molecule has 2 aromatic rings. The van der Waals surface area contributed by atoms with Crippen LogP contribution in [0.25, 0.3) is 11.2 Å². The summed E-state index contributed by atoms with van der Waals surface area (Å²) >= 11 is 0. The van der Waals surface area contributed by atoms with Crippen LogP contribution >= 0.6 is 0 Å². The number of nitrogens with one attached hydrogen (secondary N) is 2. The molecule has 2 rings (SSSR count). The van der Waals surface area contributed by atoms with Crippen molar-refractivity contribution in [3.8, 4) is 0 Å². The molecule has 2 aromatic heterocycles. The molecule has 6 heteroatoms. The Morgan fingerprint density at radius 1 is 1.45 bits per heavy atom. The molecule has 11 heavy (non-hydrogen) atoms. The maximum atomic E-state index is 6.63. The van der Waals surface area contributed by atoms with Gasteiger partial charge in [0.05, 0.1) is 12.5 Å². The minimum Gasteiger partial charge on any atom is -0.342 e. The molecule has 0 saturated heterocycles. The van der Waals surface area contributed by atoms with Crippen LogP contribution < -0.4 is 0 Å². The van der Waals surface area contributed by atoms with Crippen molar-refractivity contribution in [2.45, 2.75) is 0 Å². The quantitative estimate of drug-likeness (QED) is 0.591. The van der Waals surface area contributed by atoms with Crippen molar-refractivity contribution in [3.05, 3.63) is 12.5 Å². The lowest BCUT2D eigenvalue weighted by Gasteiger charge is -1.86. The van der Waals surface area contributed by atoms with Crippen LogP contribution in [0.2, 0.25) is 0 Å². The molecule has 0 aliphatic heterocycles. The van der Waals surface area contributed by atoms with Crippen molar-refractivity contribution < 1.29 is 0 Å². The minimum absolute atomic E-state index is 0.129. The number of imidazole rings is 1. The minimum atomic E-state index is 0.129. The molecule has 0 unspecified atom stereocenters. The molecule has 0 saturated carbocycles. The van der Waals surface area contributed by atoms with E-state index in [-0.39, 0.29) is 5.95 Å². The molecule has 2 heterocycles. The average Bonchev–Trinajstić information content (AvgIpc) is 2.50. The number of nitrogens with zero attached hydrogens (tertiary/aromatic N) is 4. The van der Waals surface area contributed by atoms with E-state index in [1.807, 2.05) is 0 Å². The first kappa shape index (κ1) is 5.90. The summed E-state index contributed by atoms with van der Waals surface area (Å²) in [7, 11) is 0. The number of hydrogen-bond acceptors (Lipinski definition) is 5. The molecular formula is C5H4N6. The number of H-pyrrole nitrogens is 1. The Labute approximate surface area is 61.2 Å². The summed E-state index contributed by atoms with van der Waals surface area (Å²) < 4.78 is 0. The lowest BCUT2D eigenvalue weighted by atomic mass is 10.6. The number of aromatic amines is 1. The van der Waals surface area contributed by atoms with E-state index in [1.165, 1.54) is 6.33 Å². The first-order chi connectivity index (χ1) is 5.40. The van der Waals surface area contributed by atoms with Crippen molar-refractivity contribution in [3.63, 3.8) is 0 Å². The zero-order valence-electron chi connectivity index (χ0n) is 5.44. The zero-order chi connectivity index (χ0) is 7.68.